The summed E-state index contributed by atoms with van der Waals surface area (Å²) < 4.78 is 67.7. The molecular formula is C20H22F2O8S. The minimum atomic E-state index is -5.72. The molecule has 4 bridgehead atoms. The number of para-hydroxylation sites is 1. The van der Waals surface area contributed by atoms with Crippen molar-refractivity contribution in [3.05, 3.63) is 29.8 Å². The van der Waals surface area contributed by atoms with Gasteiger partial charge >= 0.3 is 27.3 Å². The van der Waals surface area contributed by atoms with Crippen LogP contribution >= 0.6 is 0 Å². The smallest absolute Gasteiger partial charge is 0.402 e. The maximum Gasteiger partial charge on any atom is 0.402 e. The summed E-state index contributed by atoms with van der Waals surface area (Å²) in [7, 11) is -5.72. The first kappa shape index (κ1) is 21.9. The molecule has 5 rings (SSSR count). The van der Waals surface area contributed by atoms with Crippen LogP contribution in [0.4, 0.5) is 8.78 Å². The minimum Gasteiger partial charge on any atom is -0.507 e. The molecule has 0 aliphatic heterocycles. The van der Waals surface area contributed by atoms with Crippen LogP contribution in [0.3, 0.4) is 0 Å². The van der Waals surface area contributed by atoms with E-state index in [4.69, 9.17) is 9.29 Å². The first-order chi connectivity index (χ1) is 14.3. The highest BCUT2D eigenvalue weighted by molar-refractivity contribution is 7.86. The van der Waals surface area contributed by atoms with E-state index in [0.29, 0.717) is 25.7 Å². The lowest BCUT2D eigenvalue weighted by molar-refractivity contribution is -0.200. The summed E-state index contributed by atoms with van der Waals surface area (Å²) >= 11 is 0. The second-order valence-corrected chi connectivity index (χ2v) is 10.6. The Bertz CT molecular complexity index is 1010. The molecule has 0 saturated heterocycles. The Hall–Kier alpha value is -2.27. The van der Waals surface area contributed by atoms with E-state index in [1.165, 1.54) is 12.1 Å². The first-order valence-electron chi connectivity index (χ1n) is 9.88. The zero-order chi connectivity index (χ0) is 22.7. The van der Waals surface area contributed by atoms with Gasteiger partial charge in [0.15, 0.2) is 6.61 Å². The molecule has 8 nitrogen and oxygen atoms in total. The van der Waals surface area contributed by atoms with Crippen molar-refractivity contribution in [2.45, 2.75) is 49.4 Å². The molecule has 0 radical (unpaired) electrons. The van der Waals surface area contributed by atoms with Gasteiger partial charge in [-0.1, -0.05) is 12.1 Å². The molecule has 0 amide bonds. The van der Waals surface area contributed by atoms with Crippen LogP contribution in [0.15, 0.2) is 24.3 Å². The lowest BCUT2D eigenvalue weighted by atomic mass is 9.48. The fourth-order valence-electron chi connectivity index (χ4n) is 5.81. The first-order valence-corrected chi connectivity index (χ1v) is 11.3. The number of carbonyl (C=O) groups excluding carboxylic acids is 2. The Balaban J connectivity index is 1.54. The van der Waals surface area contributed by atoms with Crippen molar-refractivity contribution < 1.29 is 45.9 Å². The maximum absolute atomic E-state index is 13.5. The number of rotatable bonds is 6. The molecule has 11 heteroatoms. The minimum absolute atomic E-state index is 0.0114. The molecule has 2 unspecified atom stereocenters. The third-order valence-electron chi connectivity index (χ3n) is 6.62. The molecule has 1 aromatic carbocycles. The number of halogens is 2. The highest BCUT2D eigenvalue weighted by atomic mass is 32.2. The second-order valence-electron chi connectivity index (χ2n) is 9.02. The van der Waals surface area contributed by atoms with Gasteiger partial charge < -0.3 is 14.6 Å². The van der Waals surface area contributed by atoms with Crippen molar-refractivity contribution >= 4 is 22.1 Å². The van der Waals surface area contributed by atoms with Gasteiger partial charge in [0.2, 0.25) is 0 Å². The fourth-order valence-corrected chi connectivity index (χ4v) is 6.02. The Morgan fingerprint density at radius 3 is 2.32 bits per heavy atom. The lowest BCUT2D eigenvalue weighted by Crippen LogP contribution is -2.60. The summed E-state index contributed by atoms with van der Waals surface area (Å²) in [4.78, 5) is 25.5. The topological polar surface area (TPSA) is 127 Å². The summed E-state index contributed by atoms with van der Waals surface area (Å²) in [5.41, 5.74) is -2.17. The number of benzene rings is 1. The van der Waals surface area contributed by atoms with Crippen molar-refractivity contribution in [3.63, 3.8) is 0 Å². The summed E-state index contributed by atoms with van der Waals surface area (Å²) in [5, 5.41) is 5.32. The molecule has 2 N–H and O–H groups in total. The van der Waals surface area contributed by atoms with Gasteiger partial charge in [0.25, 0.3) is 0 Å². The van der Waals surface area contributed by atoms with Crippen molar-refractivity contribution in [2.75, 3.05) is 6.61 Å². The summed E-state index contributed by atoms with van der Waals surface area (Å²) in [6.07, 6.45) is 2.65. The molecule has 31 heavy (non-hydrogen) atoms. The number of esters is 2. The van der Waals surface area contributed by atoms with Gasteiger partial charge in [-0.05, 0) is 56.1 Å². The van der Waals surface area contributed by atoms with Gasteiger partial charge in [-0.2, -0.15) is 17.2 Å². The lowest BCUT2D eigenvalue weighted by Gasteiger charge is -2.59. The van der Waals surface area contributed by atoms with Crippen molar-refractivity contribution in [1.29, 1.82) is 0 Å². The summed E-state index contributed by atoms with van der Waals surface area (Å²) in [6.45, 7) is -1.79. The maximum atomic E-state index is 13.5. The Kier molecular flexibility index (Phi) is 5.04. The van der Waals surface area contributed by atoms with E-state index in [1.807, 2.05) is 0 Å². The molecule has 4 aliphatic carbocycles. The number of phenolic OH excluding ortho intramolecular Hbond substituents is 1. The van der Waals surface area contributed by atoms with Crippen LogP contribution in [0.1, 0.15) is 48.9 Å². The zero-order valence-electron chi connectivity index (χ0n) is 16.4. The van der Waals surface area contributed by atoms with Gasteiger partial charge in [0.1, 0.15) is 16.9 Å². The van der Waals surface area contributed by atoms with Gasteiger partial charge in [-0.25, -0.2) is 4.79 Å². The number of alkyl halides is 2. The number of hydrogen-bond donors (Lipinski definition) is 2. The number of hydrogen-bond acceptors (Lipinski definition) is 7. The zero-order valence-corrected chi connectivity index (χ0v) is 17.2. The van der Waals surface area contributed by atoms with Crippen LogP contribution < -0.4 is 0 Å². The highest BCUT2D eigenvalue weighted by Gasteiger charge is 2.63. The number of phenols is 1. The van der Waals surface area contributed by atoms with Crippen LogP contribution in [-0.4, -0.2) is 47.5 Å². The van der Waals surface area contributed by atoms with E-state index in [9.17, 15) is 31.9 Å². The molecule has 4 fully saturated rings. The molecule has 170 valence electrons. The quantitative estimate of drug-likeness (QED) is 0.490. The fraction of sp³-hybridized carbons (Fsp3) is 0.600. The Morgan fingerprint density at radius 2 is 1.74 bits per heavy atom. The highest BCUT2D eigenvalue weighted by Crippen LogP contribution is 2.63. The summed E-state index contributed by atoms with van der Waals surface area (Å²) in [5.74, 6) is -1.91. The van der Waals surface area contributed by atoms with Gasteiger partial charge in [0.05, 0.1) is 5.41 Å². The van der Waals surface area contributed by atoms with Crippen LogP contribution in [0.2, 0.25) is 0 Å². The number of aromatic hydroxyl groups is 1. The van der Waals surface area contributed by atoms with E-state index in [1.54, 1.807) is 12.1 Å². The molecule has 4 aliphatic rings. The molecule has 2 atom stereocenters. The predicted molar refractivity (Wildman–Crippen MR) is 101 cm³/mol. The number of carbonyl (C=O) groups is 2. The normalized spacial score (nSPS) is 32.0. The average Bonchev–Trinajstić information content (AvgIpc) is 2.64. The van der Waals surface area contributed by atoms with Crippen molar-refractivity contribution in [2.24, 2.45) is 17.3 Å². The van der Waals surface area contributed by atoms with E-state index in [-0.39, 0.29) is 29.6 Å². The molecule has 0 spiro atoms. The van der Waals surface area contributed by atoms with E-state index >= 15 is 0 Å². The standard InChI is InChI=1S/C20H22F2O8S/c21-20(22,31(26,27)28)11-29-17(25)18-6-12-5-13(7-18)9-19(8-12,10-18)30-16(24)14-3-1-2-4-15(14)23/h1-4,12-13,23H,5-11H2,(H,26,27,28). The third-order valence-corrected chi connectivity index (χ3v) is 7.49. The third kappa shape index (κ3) is 3.89. The van der Waals surface area contributed by atoms with Gasteiger partial charge in [-0.15, -0.1) is 0 Å². The molecule has 4 saturated carbocycles. The predicted octanol–water partition coefficient (Wildman–Crippen LogP) is 2.91. The Morgan fingerprint density at radius 1 is 1.13 bits per heavy atom. The van der Waals surface area contributed by atoms with E-state index < -0.39 is 44.9 Å². The van der Waals surface area contributed by atoms with Gasteiger partial charge in [0, 0.05) is 6.42 Å². The van der Waals surface area contributed by atoms with Crippen LogP contribution in [0.5, 0.6) is 5.75 Å². The van der Waals surface area contributed by atoms with Gasteiger partial charge in [-0.3, -0.25) is 9.35 Å². The average molecular weight is 460 g/mol. The van der Waals surface area contributed by atoms with Crippen LogP contribution in [-0.2, 0) is 24.4 Å². The van der Waals surface area contributed by atoms with E-state index in [2.05, 4.69) is 4.74 Å². The number of ether oxygens (including phenoxy) is 2. The molecule has 1 aromatic rings. The van der Waals surface area contributed by atoms with Crippen LogP contribution in [0.25, 0.3) is 0 Å². The van der Waals surface area contributed by atoms with Crippen LogP contribution in [0, 0.1) is 17.3 Å². The molecule has 0 heterocycles. The Labute approximate surface area is 177 Å². The SMILES string of the molecule is O=C(OC12CC3CC(C1)CC(C(=O)OCC(F)(F)S(=O)(=O)O)(C3)C2)c1ccccc1O. The molecular weight excluding hydrogens is 438 g/mol. The van der Waals surface area contributed by atoms with E-state index in [0.717, 1.165) is 6.42 Å². The monoisotopic (exact) mass is 460 g/mol. The van der Waals surface area contributed by atoms with Crippen molar-refractivity contribution in [1.82, 2.24) is 0 Å². The molecule has 0 aromatic heterocycles. The second kappa shape index (κ2) is 7.13. The summed E-state index contributed by atoms with van der Waals surface area (Å²) in [6, 6.07) is 5.90. The largest absolute Gasteiger partial charge is 0.507 e. The van der Waals surface area contributed by atoms with Crippen molar-refractivity contribution in [3.8, 4) is 5.75 Å².